The number of benzene rings is 1. The van der Waals surface area contributed by atoms with Crippen LogP contribution in [0.25, 0.3) is 0 Å². The number of hydrogen-bond acceptors (Lipinski definition) is 8. The van der Waals surface area contributed by atoms with Gasteiger partial charge in [0.25, 0.3) is 0 Å². The summed E-state index contributed by atoms with van der Waals surface area (Å²) in [4.78, 5) is 19.4. The summed E-state index contributed by atoms with van der Waals surface area (Å²) in [7, 11) is 1.83. The molecular formula is C23H23ClF3N7O. The molecule has 1 aromatic carbocycles. The number of alkyl halides is 3. The van der Waals surface area contributed by atoms with Crippen LogP contribution in [0.4, 0.5) is 42.1 Å². The van der Waals surface area contributed by atoms with Crippen LogP contribution in [0.3, 0.4) is 0 Å². The molecule has 12 heteroatoms. The Balaban J connectivity index is 1.31. The molecule has 1 saturated heterocycles. The van der Waals surface area contributed by atoms with Crippen molar-refractivity contribution < 1.29 is 17.9 Å². The van der Waals surface area contributed by atoms with Gasteiger partial charge in [0, 0.05) is 44.1 Å². The van der Waals surface area contributed by atoms with E-state index in [1.807, 2.05) is 29.0 Å². The number of anilines is 5. The fourth-order valence-corrected chi connectivity index (χ4v) is 4.37. The van der Waals surface area contributed by atoms with E-state index >= 15 is 0 Å². The second-order valence-corrected chi connectivity index (χ2v) is 8.78. The zero-order valence-corrected chi connectivity index (χ0v) is 19.6. The van der Waals surface area contributed by atoms with Gasteiger partial charge in [-0.25, -0.2) is 9.97 Å². The van der Waals surface area contributed by atoms with Crippen LogP contribution in [-0.4, -0.2) is 55.0 Å². The van der Waals surface area contributed by atoms with Gasteiger partial charge >= 0.3 is 6.18 Å². The van der Waals surface area contributed by atoms with Gasteiger partial charge in [0.05, 0.1) is 42.4 Å². The molecule has 1 N–H and O–H groups in total. The van der Waals surface area contributed by atoms with Crippen molar-refractivity contribution in [1.29, 1.82) is 0 Å². The summed E-state index contributed by atoms with van der Waals surface area (Å²) < 4.78 is 45.3. The zero-order chi connectivity index (χ0) is 24.6. The molecule has 2 aliphatic rings. The summed E-state index contributed by atoms with van der Waals surface area (Å²) in [6, 6.07) is 7.80. The van der Waals surface area contributed by atoms with Crippen LogP contribution in [0.2, 0.25) is 5.02 Å². The van der Waals surface area contributed by atoms with Crippen molar-refractivity contribution in [3.05, 3.63) is 58.9 Å². The Morgan fingerprint density at radius 3 is 2.54 bits per heavy atom. The summed E-state index contributed by atoms with van der Waals surface area (Å²) in [6.07, 6.45) is -1.10. The van der Waals surface area contributed by atoms with Gasteiger partial charge in [-0.1, -0.05) is 11.6 Å². The molecule has 2 aromatic heterocycles. The number of hydrogen-bond donors (Lipinski definition) is 1. The van der Waals surface area contributed by atoms with Gasteiger partial charge in [-0.15, -0.1) is 0 Å². The molecule has 1 fully saturated rings. The normalized spacial score (nSPS) is 16.3. The van der Waals surface area contributed by atoms with Crippen molar-refractivity contribution >= 4 is 40.6 Å². The number of nitrogens with one attached hydrogen (secondary N) is 1. The summed E-state index contributed by atoms with van der Waals surface area (Å²) in [5.41, 5.74) is 1.12. The second-order valence-electron chi connectivity index (χ2n) is 8.37. The molecule has 4 heterocycles. The summed E-state index contributed by atoms with van der Waals surface area (Å²) in [5.74, 6) is 2.01. The van der Waals surface area contributed by atoms with Crippen LogP contribution in [0.15, 0.2) is 42.7 Å². The van der Waals surface area contributed by atoms with Crippen LogP contribution < -0.4 is 20.0 Å². The van der Waals surface area contributed by atoms with E-state index in [1.165, 1.54) is 6.07 Å². The molecule has 0 spiro atoms. The highest BCUT2D eigenvalue weighted by atomic mass is 35.5. The van der Waals surface area contributed by atoms with E-state index in [0.717, 1.165) is 36.2 Å². The highest BCUT2D eigenvalue weighted by Gasteiger charge is 2.34. The smallest absolute Gasteiger partial charge is 0.378 e. The molecule has 0 bridgehead atoms. The predicted octanol–water partition coefficient (Wildman–Crippen LogP) is 4.54. The number of morpholine rings is 1. The van der Waals surface area contributed by atoms with Crippen LogP contribution in [-0.2, 0) is 17.5 Å². The Morgan fingerprint density at radius 1 is 1.03 bits per heavy atom. The predicted molar refractivity (Wildman–Crippen MR) is 128 cm³/mol. The zero-order valence-electron chi connectivity index (χ0n) is 18.9. The van der Waals surface area contributed by atoms with E-state index in [4.69, 9.17) is 16.3 Å². The number of aromatic nitrogens is 3. The lowest BCUT2D eigenvalue weighted by Gasteiger charge is -2.36. The minimum absolute atomic E-state index is 0.321. The van der Waals surface area contributed by atoms with Crippen molar-refractivity contribution in [2.75, 3.05) is 60.0 Å². The van der Waals surface area contributed by atoms with Gasteiger partial charge < -0.3 is 24.8 Å². The number of fused-ring (bicyclic) bond motifs is 1. The Bertz CT molecular complexity index is 1200. The number of pyridine rings is 1. The average molecular weight is 506 g/mol. The monoisotopic (exact) mass is 505 g/mol. The van der Waals surface area contributed by atoms with Crippen LogP contribution in [0.1, 0.15) is 11.1 Å². The van der Waals surface area contributed by atoms with Gasteiger partial charge in [0.15, 0.2) is 0 Å². The molecule has 0 aliphatic carbocycles. The maximum absolute atomic E-state index is 13.3. The lowest BCUT2D eigenvalue weighted by atomic mass is 10.1. The highest BCUT2D eigenvalue weighted by molar-refractivity contribution is 6.31. The second kappa shape index (κ2) is 9.38. The summed E-state index contributed by atoms with van der Waals surface area (Å²) >= 11 is 5.77. The van der Waals surface area contributed by atoms with E-state index in [-0.39, 0.29) is 5.02 Å². The molecule has 3 aromatic rings. The minimum Gasteiger partial charge on any atom is -0.378 e. The third-order valence-corrected chi connectivity index (χ3v) is 6.24. The number of ether oxygens (including phenoxy) is 1. The third-order valence-electron chi connectivity index (χ3n) is 5.91. The molecular weight excluding hydrogens is 483 g/mol. The van der Waals surface area contributed by atoms with Crippen molar-refractivity contribution in [3.63, 3.8) is 0 Å². The van der Waals surface area contributed by atoms with E-state index in [1.54, 1.807) is 18.5 Å². The number of halogens is 4. The molecule has 2 aliphatic heterocycles. The SMILES string of the molecule is CN1CN(c2ccc(Cl)c(C(F)(F)F)c2)Cc2cnc(Nc3ccc(N4CCOCC4)nc3)nc21. The first-order valence-corrected chi connectivity index (χ1v) is 11.4. The van der Waals surface area contributed by atoms with E-state index in [9.17, 15) is 13.2 Å². The molecule has 0 saturated carbocycles. The minimum atomic E-state index is -4.52. The van der Waals surface area contributed by atoms with Gasteiger partial charge in [-0.05, 0) is 30.3 Å². The van der Waals surface area contributed by atoms with Crippen molar-refractivity contribution in [1.82, 2.24) is 15.0 Å². The standard InChI is InChI=1S/C23H23ClF3N7O/c1-32-14-34(17-3-4-19(24)18(10-17)23(25,26)27)13-15-11-29-22(31-21(15)32)30-16-2-5-20(28-12-16)33-6-8-35-9-7-33/h2-5,10-12H,6-9,13-14H2,1H3,(H,29,30,31). The molecule has 184 valence electrons. The van der Waals surface area contributed by atoms with Crippen LogP contribution in [0.5, 0.6) is 0 Å². The van der Waals surface area contributed by atoms with Crippen LogP contribution in [0, 0.1) is 0 Å². The van der Waals surface area contributed by atoms with Crippen LogP contribution >= 0.6 is 11.6 Å². The largest absolute Gasteiger partial charge is 0.417 e. The Hall–Kier alpha value is -3.31. The Labute approximate surface area is 205 Å². The third kappa shape index (κ3) is 5.06. The first kappa shape index (κ1) is 23.4. The Kier molecular flexibility index (Phi) is 6.28. The maximum atomic E-state index is 13.3. The van der Waals surface area contributed by atoms with Crippen molar-refractivity contribution in [3.8, 4) is 0 Å². The lowest BCUT2D eigenvalue weighted by Crippen LogP contribution is -2.41. The van der Waals surface area contributed by atoms with Crippen molar-refractivity contribution in [2.45, 2.75) is 12.7 Å². The van der Waals surface area contributed by atoms with Gasteiger partial charge in [-0.3, -0.25) is 0 Å². The number of nitrogens with zero attached hydrogens (tertiary/aromatic N) is 6. The fraction of sp³-hybridized carbons (Fsp3) is 0.348. The number of rotatable bonds is 4. The van der Waals surface area contributed by atoms with Gasteiger partial charge in [-0.2, -0.15) is 18.2 Å². The molecule has 0 unspecified atom stereocenters. The fourth-order valence-electron chi connectivity index (χ4n) is 4.15. The average Bonchev–Trinajstić information content (AvgIpc) is 2.85. The topological polar surface area (TPSA) is 69.7 Å². The quantitative estimate of drug-likeness (QED) is 0.554. The first-order valence-electron chi connectivity index (χ1n) is 11.0. The summed E-state index contributed by atoms with van der Waals surface area (Å²) in [6.45, 7) is 3.73. The maximum Gasteiger partial charge on any atom is 0.417 e. The molecule has 0 atom stereocenters. The Morgan fingerprint density at radius 2 is 1.83 bits per heavy atom. The molecule has 5 rings (SSSR count). The van der Waals surface area contributed by atoms with E-state index in [0.29, 0.717) is 43.9 Å². The van der Waals surface area contributed by atoms with Gasteiger partial charge in [0.2, 0.25) is 5.95 Å². The molecule has 0 amide bonds. The van der Waals surface area contributed by atoms with E-state index in [2.05, 4.69) is 25.2 Å². The lowest BCUT2D eigenvalue weighted by molar-refractivity contribution is -0.137. The van der Waals surface area contributed by atoms with Gasteiger partial charge in [0.1, 0.15) is 11.6 Å². The first-order chi connectivity index (χ1) is 16.8. The van der Waals surface area contributed by atoms with E-state index < -0.39 is 11.7 Å². The van der Waals surface area contributed by atoms with Crippen molar-refractivity contribution in [2.24, 2.45) is 0 Å². The molecule has 8 nitrogen and oxygen atoms in total. The summed E-state index contributed by atoms with van der Waals surface area (Å²) in [5, 5.41) is 2.85. The molecule has 0 radical (unpaired) electrons. The molecule has 35 heavy (non-hydrogen) atoms. The highest BCUT2D eigenvalue weighted by Crippen LogP contribution is 2.38.